The number of benzene rings is 1. The Morgan fingerprint density at radius 2 is 1.82 bits per heavy atom. The van der Waals surface area contributed by atoms with Gasteiger partial charge in [-0.25, -0.2) is 9.59 Å². The zero-order chi connectivity index (χ0) is 15.8. The number of carboxylic acid groups (broad SMARTS) is 1. The Labute approximate surface area is 129 Å². The molecule has 22 heavy (non-hydrogen) atoms. The second kappa shape index (κ2) is 5.30. The van der Waals surface area contributed by atoms with Gasteiger partial charge in [0.2, 0.25) is 0 Å². The highest BCUT2D eigenvalue weighted by Crippen LogP contribution is 2.55. The first kappa shape index (κ1) is 14.9. The minimum absolute atomic E-state index is 0.140. The Bertz CT molecular complexity index is 582. The Hall–Kier alpha value is -2.04. The molecule has 1 saturated carbocycles. The Balaban J connectivity index is 1.71. The van der Waals surface area contributed by atoms with E-state index in [1.54, 1.807) is 6.92 Å². The number of hydrogen-bond donors (Lipinski definition) is 1. The summed E-state index contributed by atoms with van der Waals surface area (Å²) in [6.07, 6.45) is 2.98. The highest BCUT2D eigenvalue weighted by atomic mass is 16.6. The lowest BCUT2D eigenvalue weighted by Gasteiger charge is -2.44. The van der Waals surface area contributed by atoms with E-state index >= 15 is 0 Å². The van der Waals surface area contributed by atoms with Gasteiger partial charge in [-0.05, 0) is 43.6 Å². The number of carbonyl (C=O) groups excluding carboxylic acids is 1. The second-order valence-corrected chi connectivity index (χ2v) is 6.71. The largest absolute Gasteiger partial charge is 0.480 e. The number of piperidine rings is 1. The Morgan fingerprint density at radius 3 is 2.41 bits per heavy atom. The molecule has 5 nitrogen and oxygen atoms in total. The SMILES string of the molecule is C[C@@]1(C(=O)O)CCC2(CC2)CN1C(=O)OCc1ccccc1. The predicted octanol–water partition coefficient (Wildman–Crippen LogP) is 3.04. The fourth-order valence-electron chi connectivity index (χ4n) is 3.10. The van der Waals surface area contributed by atoms with E-state index in [1.165, 1.54) is 4.90 Å². The lowest BCUT2D eigenvalue weighted by Crippen LogP contribution is -2.60. The number of aliphatic carboxylic acids is 1. The third-order valence-electron chi connectivity index (χ3n) is 5.07. The van der Waals surface area contributed by atoms with Crippen LogP contribution in [-0.2, 0) is 16.1 Å². The van der Waals surface area contributed by atoms with Crippen molar-refractivity contribution in [2.75, 3.05) is 6.54 Å². The number of hydrogen-bond acceptors (Lipinski definition) is 3. The van der Waals surface area contributed by atoms with Crippen molar-refractivity contribution in [1.29, 1.82) is 0 Å². The van der Waals surface area contributed by atoms with Gasteiger partial charge in [-0.2, -0.15) is 0 Å². The molecule has 1 heterocycles. The summed E-state index contributed by atoms with van der Waals surface area (Å²) in [5.41, 5.74) is -0.131. The average molecular weight is 303 g/mol. The highest BCUT2D eigenvalue weighted by molar-refractivity contribution is 5.84. The lowest BCUT2D eigenvalue weighted by atomic mass is 9.82. The fourth-order valence-corrected chi connectivity index (χ4v) is 3.10. The molecular weight excluding hydrogens is 282 g/mol. The molecule has 0 unspecified atom stereocenters. The highest BCUT2D eigenvalue weighted by Gasteiger charge is 2.56. The summed E-state index contributed by atoms with van der Waals surface area (Å²) in [5, 5.41) is 9.54. The summed E-state index contributed by atoms with van der Waals surface area (Å²) in [6, 6.07) is 9.41. The van der Waals surface area contributed by atoms with E-state index in [4.69, 9.17) is 4.74 Å². The van der Waals surface area contributed by atoms with Gasteiger partial charge < -0.3 is 9.84 Å². The van der Waals surface area contributed by atoms with Crippen LogP contribution in [-0.4, -0.2) is 34.2 Å². The summed E-state index contributed by atoms with van der Waals surface area (Å²) < 4.78 is 5.36. The molecule has 2 aliphatic rings. The van der Waals surface area contributed by atoms with Crippen LogP contribution in [0.1, 0.15) is 38.2 Å². The molecule has 1 amide bonds. The third-order valence-corrected chi connectivity index (χ3v) is 5.07. The van der Waals surface area contributed by atoms with Gasteiger partial charge in [-0.15, -0.1) is 0 Å². The summed E-state index contributed by atoms with van der Waals surface area (Å²) in [7, 11) is 0. The maximum Gasteiger partial charge on any atom is 0.411 e. The molecule has 1 atom stereocenters. The minimum atomic E-state index is -1.17. The van der Waals surface area contributed by atoms with Crippen LogP contribution >= 0.6 is 0 Å². The van der Waals surface area contributed by atoms with Crippen molar-refractivity contribution in [3.63, 3.8) is 0 Å². The van der Waals surface area contributed by atoms with Gasteiger partial charge in [0.05, 0.1) is 0 Å². The van der Waals surface area contributed by atoms with Gasteiger partial charge in [0.15, 0.2) is 0 Å². The fraction of sp³-hybridized carbons (Fsp3) is 0.529. The van der Waals surface area contributed by atoms with Crippen molar-refractivity contribution in [2.45, 2.75) is 44.8 Å². The molecule has 0 aromatic heterocycles. The van der Waals surface area contributed by atoms with Crippen LogP contribution < -0.4 is 0 Å². The minimum Gasteiger partial charge on any atom is -0.480 e. The molecule has 1 N–H and O–H groups in total. The molecular formula is C17H21NO4. The summed E-state index contributed by atoms with van der Waals surface area (Å²) in [6.45, 7) is 2.27. The Kier molecular flexibility index (Phi) is 3.59. The normalized spacial score (nSPS) is 25.8. The Morgan fingerprint density at radius 1 is 1.18 bits per heavy atom. The lowest BCUT2D eigenvalue weighted by molar-refractivity contribution is -0.153. The molecule has 1 aromatic rings. The van der Waals surface area contributed by atoms with Crippen LogP contribution in [0.2, 0.25) is 0 Å². The number of nitrogens with zero attached hydrogens (tertiary/aromatic N) is 1. The molecule has 0 radical (unpaired) electrons. The van der Waals surface area contributed by atoms with Crippen LogP contribution in [0.25, 0.3) is 0 Å². The van der Waals surface area contributed by atoms with Crippen molar-refractivity contribution in [1.82, 2.24) is 4.90 Å². The van der Waals surface area contributed by atoms with Crippen LogP contribution in [0.4, 0.5) is 4.79 Å². The number of likely N-dealkylation sites (tertiary alicyclic amines) is 1. The number of ether oxygens (including phenoxy) is 1. The average Bonchev–Trinajstić information content (AvgIpc) is 3.28. The van der Waals surface area contributed by atoms with Gasteiger partial charge >= 0.3 is 12.1 Å². The van der Waals surface area contributed by atoms with E-state index in [9.17, 15) is 14.7 Å². The van der Waals surface area contributed by atoms with Gasteiger partial charge in [-0.3, -0.25) is 4.90 Å². The van der Waals surface area contributed by atoms with E-state index < -0.39 is 17.6 Å². The number of carboxylic acids is 1. The molecule has 1 aliphatic heterocycles. The van der Waals surface area contributed by atoms with Gasteiger partial charge in [0, 0.05) is 6.54 Å². The molecule has 1 aliphatic carbocycles. The van der Waals surface area contributed by atoms with E-state index in [2.05, 4.69) is 0 Å². The van der Waals surface area contributed by atoms with Crippen LogP contribution in [0.5, 0.6) is 0 Å². The number of carbonyl (C=O) groups is 2. The van der Waals surface area contributed by atoms with E-state index in [0.717, 1.165) is 24.8 Å². The summed E-state index contributed by atoms with van der Waals surface area (Å²) >= 11 is 0. The third kappa shape index (κ3) is 2.67. The van der Waals surface area contributed by atoms with Gasteiger partial charge in [0.1, 0.15) is 12.1 Å². The smallest absolute Gasteiger partial charge is 0.411 e. The molecule has 2 fully saturated rings. The second-order valence-electron chi connectivity index (χ2n) is 6.71. The van der Waals surface area contributed by atoms with E-state index in [-0.39, 0.29) is 12.0 Å². The zero-order valence-corrected chi connectivity index (χ0v) is 12.7. The molecule has 5 heteroatoms. The van der Waals surface area contributed by atoms with Crippen LogP contribution in [0, 0.1) is 5.41 Å². The predicted molar refractivity (Wildman–Crippen MR) is 80.3 cm³/mol. The quantitative estimate of drug-likeness (QED) is 0.932. The van der Waals surface area contributed by atoms with Crippen molar-refractivity contribution >= 4 is 12.1 Å². The van der Waals surface area contributed by atoms with Gasteiger partial charge in [-0.1, -0.05) is 30.3 Å². The van der Waals surface area contributed by atoms with E-state index in [0.29, 0.717) is 13.0 Å². The van der Waals surface area contributed by atoms with Crippen molar-refractivity contribution in [2.24, 2.45) is 5.41 Å². The summed E-state index contributed by atoms with van der Waals surface area (Å²) in [5.74, 6) is -0.959. The summed E-state index contributed by atoms with van der Waals surface area (Å²) in [4.78, 5) is 25.5. The molecule has 3 rings (SSSR count). The van der Waals surface area contributed by atoms with Crippen molar-refractivity contribution < 1.29 is 19.4 Å². The molecule has 0 bridgehead atoms. The van der Waals surface area contributed by atoms with Crippen molar-refractivity contribution in [3.05, 3.63) is 35.9 Å². The molecule has 1 saturated heterocycles. The number of rotatable bonds is 3. The maximum atomic E-state index is 12.4. The first-order valence-electron chi connectivity index (χ1n) is 7.67. The number of amides is 1. The van der Waals surface area contributed by atoms with Crippen molar-refractivity contribution in [3.8, 4) is 0 Å². The topological polar surface area (TPSA) is 66.8 Å². The van der Waals surface area contributed by atoms with Crippen LogP contribution in [0.3, 0.4) is 0 Å². The first-order chi connectivity index (χ1) is 10.5. The monoisotopic (exact) mass is 303 g/mol. The molecule has 118 valence electrons. The molecule has 1 aromatic carbocycles. The van der Waals surface area contributed by atoms with Crippen LogP contribution in [0.15, 0.2) is 30.3 Å². The first-order valence-corrected chi connectivity index (χ1v) is 7.67. The molecule has 1 spiro atoms. The maximum absolute atomic E-state index is 12.4. The standard InChI is InChI=1S/C17H21NO4/c1-16(14(19)20)7-8-17(9-10-17)12-18(16)15(21)22-11-13-5-3-2-4-6-13/h2-6H,7-12H2,1H3,(H,19,20)/t16-/m0/s1. The van der Waals surface area contributed by atoms with E-state index in [1.807, 2.05) is 30.3 Å². The zero-order valence-electron chi connectivity index (χ0n) is 12.7. The van der Waals surface area contributed by atoms with Gasteiger partial charge in [0.25, 0.3) is 0 Å².